The molecule has 0 aliphatic heterocycles. The Morgan fingerprint density at radius 3 is 2.79 bits per heavy atom. The summed E-state index contributed by atoms with van der Waals surface area (Å²) in [6.45, 7) is 0. The molecule has 0 fully saturated rings. The van der Waals surface area contributed by atoms with Gasteiger partial charge >= 0.3 is 0 Å². The van der Waals surface area contributed by atoms with E-state index in [4.69, 9.17) is 11.6 Å². The van der Waals surface area contributed by atoms with E-state index in [0.717, 1.165) is 11.3 Å². The fraction of sp³-hybridized carbons (Fsp3) is 0. The third-order valence-electron chi connectivity index (χ3n) is 1.87. The van der Waals surface area contributed by atoms with Gasteiger partial charge in [0.2, 0.25) is 0 Å². The van der Waals surface area contributed by atoms with Crippen molar-refractivity contribution in [2.24, 2.45) is 0 Å². The number of pyridine rings is 1. The molecule has 0 bridgehead atoms. The predicted octanol–water partition coefficient (Wildman–Crippen LogP) is 2.46. The second kappa shape index (κ2) is 3.64. The predicted molar refractivity (Wildman–Crippen MR) is 54.2 cm³/mol. The zero-order valence-electron chi connectivity index (χ0n) is 7.20. The standard InChI is InChI=1S/C10H7ClN2O/c11-10(14)9-4-3-8(13-9)7-2-1-5-12-6-7/h1-6,13H. The van der Waals surface area contributed by atoms with Crippen molar-refractivity contribution < 1.29 is 4.79 Å². The van der Waals surface area contributed by atoms with Crippen molar-refractivity contribution >= 4 is 16.8 Å². The van der Waals surface area contributed by atoms with Crippen LogP contribution in [0.3, 0.4) is 0 Å². The van der Waals surface area contributed by atoms with E-state index >= 15 is 0 Å². The summed E-state index contributed by atoms with van der Waals surface area (Å²) < 4.78 is 0. The largest absolute Gasteiger partial charge is 0.351 e. The number of halogens is 1. The maximum atomic E-state index is 10.8. The number of hydrogen-bond acceptors (Lipinski definition) is 2. The molecule has 14 heavy (non-hydrogen) atoms. The minimum Gasteiger partial charge on any atom is -0.351 e. The number of carbonyl (C=O) groups excluding carboxylic acids is 1. The lowest BCUT2D eigenvalue weighted by Crippen LogP contribution is -1.88. The summed E-state index contributed by atoms with van der Waals surface area (Å²) in [6, 6.07) is 7.18. The third kappa shape index (κ3) is 1.67. The molecule has 4 heteroatoms. The van der Waals surface area contributed by atoms with Crippen LogP contribution in [0, 0.1) is 0 Å². The molecule has 2 rings (SSSR count). The summed E-state index contributed by atoms with van der Waals surface area (Å²) >= 11 is 5.32. The van der Waals surface area contributed by atoms with Crippen LogP contribution < -0.4 is 0 Å². The summed E-state index contributed by atoms with van der Waals surface area (Å²) in [5, 5.41) is -0.486. The minimum absolute atomic E-state index is 0.394. The first-order chi connectivity index (χ1) is 6.77. The number of hydrogen-bond donors (Lipinski definition) is 1. The van der Waals surface area contributed by atoms with E-state index in [1.165, 1.54) is 0 Å². The molecular weight excluding hydrogens is 200 g/mol. The molecule has 0 aliphatic carbocycles. The van der Waals surface area contributed by atoms with Gasteiger partial charge < -0.3 is 4.98 Å². The van der Waals surface area contributed by atoms with Crippen LogP contribution in [-0.2, 0) is 0 Å². The van der Waals surface area contributed by atoms with Crippen LogP contribution in [0.5, 0.6) is 0 Å². The van der Waals surface area contributed by atoms with Crippen molar-refractivity contribution in [2.75, 3.05) is 0 Å². The number of H-pyrrole nitrogens is 1. The molecule has 2 aromatic rings. The van der Waals surface area contributed by atoms with E-state index in [-0.39, 0.29) is 0 Å². The number of nitrogens with zero attached hydrogens (tertiary/aromatic N) is 1. The Bertz CT molecular complexity index is 450. The molecule has 0 radical (unpaired) electrons. The summed E-state index contributed by atoms with van der Waals surface area (Å²) in [5.41, 5.74) is 2.16. The second-order valence-corrected chi connectivity index (χ2v) is 3.14. The molecule has 0 unspecified atom stereocenters. The number of aromatic nitrogens is 2. The molecule has 3 nitrogen and oxygen atoms in total. The molecule has 0 amide bonds. The fourth-order valence-electron chi connectivity index (χ4n) is 1.20. The second-order valence-electron chi connectivity index (χ2n) is 2.80. The highest BCUT2D eigenvalue weighted by molar-refractivity contribution is 6.67. The Balaban J connectivity index is 2.39. The van der Waals surface area contributed by atoms with Crippen LogP contribution in [0.1, 0.15) is 10.5 Å². The topological polar surface area (TPSA) is 45.8 Å². The van der Waals surface area contributed by atoms with Crippen molar-refractivity contribution in [2.45, 2.75) is 0 Å². The van der Waals surface area contributed by atoms with Gasteiger partial charge in [-0.2, -0.15) is 0 Å². The Labute approximate surface area is 85.7 Å². The first-order valence-corrected chi connectivity index (χ1v) is 4.44. The van der Waals surface area contributed by atoms with Crippen molar-refractivity contribution in [3.8, 4) is 11.3 Å². The van der Waals surface area contributed by atoms with E-state index < -0.39 is 5.24 Å². The van der Waals surface area contributed by atoms with E-state index in [2.05, 4.69) is 9.97 Å². The summed E-state index contributed by atoms with van der Waals surface area (Å²) in [4.78, 5) is 17.7. The summed E-state index contributed by atoms with van der Waals surface area (Å²) in [6.07, 6.45) is 3.41. The smallest absolute Gasteiger partial charge is 0.268 e. The van der Waals surface area contributed by atoms with Crippen LogP contribution in [0.25, 0.3) is 11.3 Å². The number of aromatic amines is 1. The van der Waals surface area contributed by atoms with Gasteiger partial charge in [0, 0.05) is 23.7 Å². The maximum absolute atomic E-state index is 10.8. The molecule has 70 valence electrons. The van der Waals surface area contributed by atoms with Crippen LogP contribution in [0.15, 0.2) is 36.7 Å². The van der Waals surface area contributed by atoms with Crippen LogP contribution in [-0.4, -0.2) is 15.2 Å². The zero-order valence-corrected chi connectivity index (χ0v) is 7.95. The zero-order chi connectivity index (χ0) is 9.97. The first-order valence-electron chi connectivity index (χ1n) is 4.06. The van der Waals surface area contributed by atoms with Gasteiger partial charge in [-0.3, -0.25) is 9.78 Å². The number of rotatable bonds is 2. The molecule has 2 heterocycles. The average molecular weight is 207 g/mol. The van der Waals surface area contributed by atoms with Crippen molar-refractivity contribution in [3.05, 3.63) is 42.4 Å². The average Bonchev–Trinajstić information content (AvgIpc) is 2.68. The normalized spacial score (nSPS) is 10.1. The van der Waals surface area contributed by atoms with Gasteiger partial charge in [0.15, 0.2) is 0 Å². The minimum atomic E-state index is -0.486. The van der Waals surface area contributed by atoms with Gasteiger partial charge in [-0.25, -0.2) is 0 Å². The third-order valence-corrected chi connectivity index (χ3v) is 2.07. The molecule has 0 spiro atoms. The maximum Gasteiger partial charge on any atom is 0.268 e. The molecule has 0 atom stereocenters. The van der Waals surface area contributed by atoms with E-state index in [1.807, 2.05) is 12.1 Å². The molecule has 0 saturated heterocycles. The SMILES string of the molecule is O=C(Cl)c1ccc(-c2cccnc2)[nH]1. The first kappa shape index (κ1) is 8.97. The fourth-order valence-corrected chi connectivity index (χ4v) is 1.31. The molecule has 0 aromatic carbocycles. The summed E-state index contributed by atoms with van der Waals surface area (Å²) in [5.74, 6) is 0. The number of carbonyl (C=O) groups is 1. The molecule has 2 aromatic heterocycles. The monoisotopic (exact) mass is 206 g/mol. The summed E-state index contributed by atoms with van der Waals surface area (Å²) in [7, 11) is 0. The highest BCUT2D eigenvalue weighted by atomic mass is 35.5. The Morgan fingerprint density at radius 1 is 1.36 bits per heavy atom. The van der Waals surface area contributed by atoms with Crippen LogP contribution >= 0.6 is 11.6 Å². The lowest BCUT2D eigenvalue weighted by Gasteiger charge is -1.95. The van der Waals surface area contributed by atoms with Crippen molar-refractivity contribution in [3.63, 3.8) is 0 Å². The quantitative estimate of drug-likeness (QED) is 0.768. The van der Waals surface area contributed by atoms with Gasteiger partial charge in [-0.05, 0) is 35.9 Å². The van der Waals surface area contributed by atoms with Crippen molar-refractivity contribution in [1.82, 2.24) is 9.97 Å². The van der Waals surface area contributed by atoms with Gasteiger partial charge in [-0.1, -0.05) is 0 Å². The molecule has 0 saturated carbocycles. The van der Waals surface area contributed by atoms with Gasteiger partial charge in [0.05, 0.1) is 5.69 Å². The highest BCUT2D eigenvalue weighted by Gasteiger charge is 2.05. The van der Waals surface area contributed by atoms with E-state index in [0.29, 0.717) is 5.69 Å². The van der Waals surface area contributed by atoms with Crippen LogP contribution in [0.2, 0.25) is 0 Å². The Kier molecular flexibility index (Phi) is 2.33. The van der Waals surface area contributed by atoms with E-state index in [1.54, 1.807) is 24.5 Å². The van der Waals surface area contributed by atoms with E-state index in [9.17, 15) is 4.79 Å². The Morgan fingerprint density at radius 2 is 2.21 bits per heavy atom. The van der Waals surface area contributed by atoms with Gasteiger partial charge in [0.1, 0.15) is 0 Å². The molecular formula is C10H7ClN2O. The Hall–Kier alpha value is -1.61. The lowest BCUT2D eigenvalue weighted by atomic mass is 10.2. The van der Waals surface area contributed by atoms with Gasteiger partial charge in [0.25, 0.3) is 5.24 Å². The van der Waals surface area contributed by atoms with Crippen molar-refractivity contribution in [1.29, 1.82) is 0 Å². The molecule has 1 N–H and O–H groups in total. The lowest BCUT2D eigenvalue weighted by molar-refractivity contribution is 0.107. The highest BCUT2D eigenvalue weighted by Crippen LogP contribution is 2.17. The van der Waals surface area contributed by atoms with Gasteiger partial charge in [-0.15, -0.1) is 0 Å². The molecule has 0 aliphatic rings. The number of nitrogens with one attached hydrogen (secondary N) is 1. The van der Waals surface area contributed by atoms with Crippen LogP contribution in [0.4, 0.5) is 0 Å².